The second-order valence-electron chi connectivity index (χ2n) is 4.98. The molecule has 0 radical (unpaired) electrons. The molecule has 0 saturated carbocycles. The maximum Gasteiger partial charge on any atom is 0.359 e. The molecule has 0 fully saturated rings. The molecule has 0 aliphatic heterocycles. The van der Waals surface area contributed by atoms with Crippen molar-refractivity contribution in [1.82, 2.24) is 10.1 Å². The van der Waals surface area contributed by atoms with E-state index in [0.717, 1.165) is 6.20 Å². The van der Waals surface area contributed by atoms with Gasteiger partial charge in [-0.1, -0.05) is 53.8 Å². The third-order valence-electron chi connectivity index (χ3n) is 2.83. The maximum atomic E-state index is 11.9. The molecule has 24 heavy (non-hydrogen) atoms. The van der Waals surface area contributed by atoms with Crippen LogP contribution in [0.1, 0.15) is 35.9 Å². The number of ether oxygens (including phenoxy) is 1. The fourth-order valence-corrected chi connectivity index (χ4v) is 2.14. The topological polar surface area (TPSA) is 94.3 Å². The fourth-order valence-electron chi connectivity index (χ4n) is 1.58. The standard InChI is InChI=1S/C14H12Cl3N3O4/c1-6(2)8-3-10(24-20-8)19-9(21)5-23-14(22)13-12(17)11(16)7(15)4-18-13/h3-4,6H,5H2,1-2H3,(H,19,21). The molecule has 2 rings (SSSR count). The Hall–Kier alpha value is -1.83. The monoisotopic (exact) mass is 391 g/mol. The van der Waals surface area contributed by atoms with Crippen LogP contribution in [0.4, 0.5) is 5.88 Å². The summed E-state index contributed by atoms with van der Waals surface area (Å²) in [5, 5.41) is 6.13. The Morgan fingerprint density at radius 1 is 1.29 bits per heavy atom. The number of hydrogen-bond acceptors (Lipinski definition) is 6. The van der Waals surface area contributed by atoms with Crippen LogP contribution in [0.15, 0.2) is 16.8 Å². The first kappa shape index (κ1) is 18.5. The van der Waals surface area contributed by atoms with Gasteiger partial charge >= 0.3 is 5.97 Å². The van der Waals surface area contributed by atoms with Crippen molar-refractivity contribution in [2.75, 3.05) is 11.9 Å². The first-order chi connectivity index (χ1) is 11.3. The number of halogens is 3. The van der Waals surface area contributed by atoms with E-state index in [2.05, 4.69) is 15.5 Å². The number of carbonyl (C=O) groups is 2. The van der Waals surface area contributed by atoms with Crippen LogP contribution in [0.25, 0.3) is 0 Å². The lowest BCUT2D eigenvalue weighted by Crippen LogP contribution is -2.21. The van der Waals surface area contributed by atoms with E-state index >= 15 is 0 Å². The average molecular weight is 393 g/mol. The van der Waals surface area contributed by atoms with Crippen LogP contribution >= 0.6 is 34.8 Å². The van der Waals surface area contributed by atoms with E-state index in [1.54, 1.807) is 6.07 Å². The van der Waals surface area contributed by atoms with Gasteiger partial charge in [-0.05, 0) is 5.92 Å². The SMILES string of the molecule is CC(C)c1cc(NC(=O)COC(=O)c2ncc(Cl)c(Cl)c2Cl)on1. The van der Waals surface area contributed by atoms with Crippen LogP contribution in [0.3, 0.4) is 0 Å². The molecule has 0 aliphatic rings. The Morgan fingerprint density at radius 2 is 2.00 bits per heavy atom. The molecule has 0 saturated heterocycles. The Morgan fingerprint density at radius 3 is 2.62 bits per heavy atom. The van der Waals surface area contributed by atoms with E-state index in [0.29, 0.717) is 5.69 Å². The summed E-state index contributed by atoms with van der Waals surface area (Å²) in [6.45, 7) is 3.30. The maximum absolute atomic E-state index is 11.9. The molecule has 0 spiro atoms. The van der Waals surface area contributed by atoms with E-state index < -0.39 is 18.5 Å². The molecular weight excluding hydrogens is 381 g/mol. The molecule has 10 heteroatoms. The van der Waals surface area contributed by atoms with Crippen LogP contribution in [0, 0.1) is 0 Å². The third kappa shape index (κ3) is 4.37. The second-order valence-corrected chi connectivity index (χ2v) is 6.14. The lowest BCUT2D eigenvalue weighted by atomic mass is 10.1. The minimum Gasteiger partial charge on any atom is -0.451 e. The van der Waals surface area contributed by atoms with Gasteiger partial charge in [0, 0.05) is 12.3 Å². The number of amides is 1. The van der Waals surface area contributed by atoms with Gasteiger partial charge in [0.15, 0.2) is 12.3 Å². The van der Waals surface area contributed by atoms with E-state index in [9.17, 15) is 9.59 Å². The molecule has 0 bridgehead atoms. The number of rotatable bonds is 5. The fraction of sp³-hybridized carbons (Fsp3) is 0.286. The normalized spacial score (nSPS) is 10.8. The van der Waals surface area contributed by atoms with Gasteiger partial charge in [-0.25, -0.2) is 9.78 Å². The largest absolute Gasteiger partial charge is 0.451 e. The molecule has 1 amide bonds. The zero-order valence-electron chi connectivity index (χ0n) is 12.6. The first-order valence-electron chi connectivity index (χ1n) is 6.72. The van der Waals surface area contributed by atoms with Crippen LogP contribution in [-0.2, 0) is 9.53 Å². The van der Waals surface area contributed by atoms with Gasteiger partial charge in [-0.15, -0.1) is 0 Å². The van der Waals surface area contributed by atoms with Gasteiger partial charge in [0.2, 0.25) is 5.88 Å². The number of nitrogens with zero attached hydrogens (tertiary/aromatic N) is 2. The number of esters is 1. The van der Waals surface area contributed by atoms with Crippen molar-refractivity contribution in [3.8, 4) is 0 Å². The van der Waals surface area contributed by atoms with E-state index in [1.807, 2.05) is 13.8 Å². The van der Waals surface area contributed by atoms with Crippen LogP contribution < -0.4 is 5.32 Å². The summed E-state index contributed by atoms with van der Waals surface area (Å²) < 4.78 is 9.78. The molecule has 2 heterocycles. The summed E-state index contributed by atoms with van der Waals surface area (Å²) >= 11 is 17.4. The lowest BCUT2D eigenvalue weighted by molar-refractivity contribution is -0.119. The molecule has 7 nitrogen and oxygen atoms in total. The van der Waals surface area contributed by atoms with E-state index in [-0.39, 0.29) is 32.6 Å². The number of carbonyl (C=O) groups excluding carboxylic acids is 2. The highest BCUT2D eigenvalue weighted by molar-refractivity contribution is 6.48. The zero-order chi connectivity index (χ0) is 17.9. The van der Waals surface area contributed by atoms with Crippen LogP contribution in [0.2, 0.25) is 15.1 Å². The lowest BCUT2D eigenvalue weighted by Gasteiger charge is -2.06. The minimum absolute atomic E-state index is 0.0207. The number of pyridine rings is 1. The van der Waals surface area contributed by atoms with Crippen molar-refractivity contribution in [3.63, 3.8) is 0 Å². The quantitative estimate of drug-likeness (QED) is 0.774. The third-order valence-corrected chi connectivity index (χ3v) is 4.07. The number of hydrogen-bond donors (Lipinski definition) is 1. The first-order valence-corrected chi connectivity index (χ1v) is 7.86. The summed E-state index contributed by atoms with van der Waals surface area (Å²) in [7, 11) is 0. The smallest absolute Gasteiger partial charge is 0.359 e. The summed E-state index contributed by atoms with van der Waals surface area (Å²) in [5.74, 6) is -1.20. The highest BCUT2D eigenvalue weighted by Crippen LogP contribution is 2.31. The molecule has 2 aromatic rings. The Bertz CT molecular complexity index is 777. The van der Waals surface area contributed by atoms with Crippen molar-refractivity contribution in [2.45, 2.75) is 19.8 Å². The predicted octanol–water partition coefficient (Wildman–Crippen LogP) is 3.95. The van der Waals surface area contributed by atoms with Gasteiger partial charge in [0.1, 0.15) is 0 Å². The molecule has 128 valence electrons. The highest BCUT2D eigenvalue weighted by atomic mass is 35.5. The molecule has 0 atom stereocenters. The van der Waals surface area contributed by atoms with Gasteiger partial charge in [0.25, 0.3) is 5.91 Å². The number of aromatic nitrogens is 2. The molecule has 0 aliphatic carbocycles. The van der Waals surface area contributed by atoms with Gasteiger partial charge in [0.05, 0.1) is 20.8 Å². The number of anilines is 1. The van der Waals surface area contributed by atoms with Crippen molar-refractivity contribution in [1.29, 1.82) is 0 Å². The molecule has 1 N–H and O–H groups in total. The average Bonchev–Trinajstić information content (AvgIpc) is 2.99. The molecule has 0 aromatic carbocycles. The molecule has 2 aromatic heterocycles. The van der Waals surface area contributed by atoms with Gasteiger partial charge in [-0.3, -0.25) is 10.1 Å². The van der Waals surface area contributed by atoms with Crippen LogP contribution in [-0.4, -0.2) is 28.6 Å². The Labute approximate surface area is 152 Å². The summed E-state index contributed by atoms with van der Waals surface area (Å²) in [4.78, 5) is 27.4. The van der Waals surface area contributed by atoms with E-state index in [1.165, 1.54) is 0 Å². The van der Waals surface area contributed by atoms with Crippen molar-refractivity contribution < 1.29 is 18.8 Å². The zero-order valence-corrected chi connectivity index (χ0v) is 14.9. The second kappa shape index (κ2) is 7.83. The summed E-state index contributed by atoms with van der Waals surface area (Å²) in [6, 6.07) is 1.59. The molecular formula is C14H12Cl3N3O4. The van der Waals surface area contributed by atoms with Gasteiger partial charge < -0.3 is 9.26 Å². The Balaban J connectivity index is 1.93. The van der Waals surface area contributed by atoms with Crippen molar-refractivity contribution in [2.24, 2.45) is 0 Å². The van der Waals surface area contributed by atoms with Gasteiger partial charge in [-0.2, -0.15) is 0 Å². The summed E-state index contributed by atoms with van der Waals surface area (Å²) in [6.07, 6.45) is 1.16. The van der Waals surface area contributed by atoms with Crippen molar-refractivity contribution >= 4 is 52.6 Å². The Kier molecular flexibility index (Phi) is 6.04. The van der Waals surface area contributed by atoms with E-state index in [4.69, 9.17) is 44.1 Å². The number of nitrogens with one attached hydrogen (secondary N) is 1. The summed E-state index contributed by atoms with van der Waals surface area (Å²) in [5.41, 5.74) is 0.453. The van der Waals surface area contributed by atoms with Crippen molar-refractivity contribution in [3.05, 3.63) is 38.7 Å². The molecule has 0 unspecified atom stereocenters. The highest BCUT2D eigenvalue weighted by Gasteiger charge is 2.20. The predicted molar refractivity (Wildman–Crippen MR) is 88.8 cm³/mol. The van der Waals surface area contributed by atoms with Crippen LogP contribution in [0.5, 0.6) is 0 Å². The minimum atomic E-state index is -0.908.